The number of fused-ring (bicyclic) bond motifs is 3. The van der Waals surface area contributed by atoms with Gasteiger partial charge in [0.2, 0.25) is 5.91 Å². The SMILES string of the molecule is C=CC(=O)N1CCN(c2nc(OC[C@@]34CCCN3C[C@H](F)C4)nc3c(F)c(-c4cccc5ccc(F)c(Cl)c45)ccc23)C[C@@H]1CC#N. The van der Waals surface area contributed by atoms with Crippen molar-refractivity contribution in [2.75, 3.05) is 44.2 Å². The van der Waals surface area contributed by atoms with Gasteiger partial charge in [0.25, 0.3) is 0 Å². The molecule has 1 amide bonds. The number of nitriles is 1. The number of piperazine rings is 1. The summed E-state index contributed by atoms with van der Waals surface area (Å²) in [5.41, 5.74) is 0.0899. The van der Waals surface area contributed by atoms with Gasteiger partial charge < -0.3 is 14.5 Å². The number of carbonyl (C=O) groups is 1. The van der Waals surface area contributed by atoms with Crippen molar-refractivity contribution in [2.45, 2.75) is 43.4 Å². The summed E-state index contributed by atoms with van der Waals surface area (Å²) in [6.45, 7) is 5.80. The van der Waals surface area contributed by atoms with E-state index in [-0.39, 0.29) is 47.6 Å². The summed E-state index contributed by atoms with van der Waals surface area (Å²) in [4.78, 5) is 27.5. The Morgan fingerprint density at radius 3 is 2.79 bits per heavy atom. The molecule has 0 saturated carbocycles. The summed E-state index contributed by atoms with van der Waals surface area (Å²) in [5.74, 6) is -1.16. The predicted molar refractivity (Wildman–Crippen MR) is 174 cm³/mol. The van der Waals surface area contributed by atoms with Gasteiger partial charge in [0, 0.05) is 48.9 Å². The van der Waals surface area contributed by atoms with E-state index < -0.39 is 29.4 Å². The number of hydrogen-bond acceptors (Lipinski definition) is 7. The van der Waals surface area contributed by atoms with Crippen LogP contribution in [0, 0.1) is 23.0 Å². The molecule has 0 aliphatic carbocycles. The van der Waals surface area contributed by atoms with E-state index in [9.17, 15) is 18.8 Å². The van der Waals surface area contributed by atoms with Gasteiger partial charge in [-0.3, -0.25) is 9.69 Å². The van der Waals surface area contributed by atoms with Gasteiger partial charge in [0.05, 0.1) is 29.1 Å². The highest BCUT2D eigenvalue weighted by Crippen LogP contribution is 2.42. The van der Waals surface area contributed by atoms with Crippen LogP contribution in [-0.4, -0.2) is 82.8 Å². The van der Waals surface area contributed by atoms with Crippen LogP contribution in [0.3, 0.4) is 0 Å². The molecule has 7 rings (SSSR count). The number of halogens is 4. The third-order valence-corrected chi connectivity index (χ3v) is 10.2. The quantitative estimate of drug-likeness (QED) is 0.211. The molecule has 0 unspecified atom stereocenters. The summed E-state index contributed by atoms with van der Waals surface area (Å²) in [7, 11) is 0. The molecule has 47 heavy (non-hydrogen) atoms. The predicted octanol–water partition coefficient (Wildman–Crippen LogP) is 6.45. The number of ether oxygens (including phenoxy) is 1. The molecular weight excluding hydrogens is 629 g/mol. The number of carbonyl (C=O) groups excluding carboxylic acids is 1. The fourth-order valence-electron chi connectivity index (χ4n) is 7.56. The molecule has 3 saturated heterocycles. The summed E-state index contributed by atoms with van der Waals surface area (Å²) < 4.78 is 52.1. The van der Waals surface area contributed by atoms with Crippen LogP contribution in [0.25, 0.3) is 32.8 Å². The van der Waals surface area contributed by atoms with E-state index >= 15 is 4.39 Å². The van der Waals surface area contributed by atoms with E-state index in [2.05, 4.69) is 22.5 Å². The third-order valence-electron chi connectivity index (χ3n) is 9.79. The van der Waals surface area contributed by atoms with Crippen LogP contribution in [0.4, 0.5) is 19.0 Å². The van der Waals surface area contributed by atoms with Crippen molar-refractivity contribution in [2.24, 2.45) is 0 Å². The lowest BCUT2D eigenvalue weighted by molar-refractivity contribution is -0.128. The van der Waals surface area contributed by atoms with Crippen molar-refractivity contribution >= 4 is 45.0 Å². The zero-order chi connectivity index (χ0) is 32.9. The van der Waals surface area contributed by atoms with Gasteiger partial charge in [-0.15, -0.1) is 0 Å². The maximum atomic E-state index is 16.8. The molecule has 242 valence electrons. The molecule has 0 radical (unpaired) electrons. The van der Waals surface area contributed by atoms with E-state index in [0.717, 1.165) is 19.4 Å². The summed E-state index contributed by atoms with van der Waals surface area (Å²) in [6, 6.07) is 13.0. The summed E-state index contributed by atoms with van der Waals surface area (Å²) >= 11 is 6.41. The van der Waals surface area contributed by atoms with Gasteiger partial charge in [-0.2, -0.15) is 15.2 Å². The molecule has 3 aliphatic rings. The van der Waals surface area contributed by atoms with Gasteiger partial charge in [0.15, 0.2) is 5.82 Å². The number of rotatable bonds is 7. The Balaban J connectivity index is 1.34. The van der Waals surface area contributed by atoms with Gasteiger partial charge in [-0.1, -0.05) is 48.5 Å². The number of hydrogen-bond donors (Lipinski definition) is 0. The van der Waals surface area contributed by atoms with Crippen LogP contribution in [0.15, 0.2) is 55.1 Å². The lowest BCUT2D eigenvalue weighted by atomic mass is 9.95. The molecule has 1 aromatic heterocycles. The van der Waals surface area contributed by atoms with Crippen molar-refractivity contribution in [1.82, 2.24) is 19.8 Å². The zero-order valence-electron chi connectivity index (χ0n) is 25.6. The number of anilines is 1. The maximum Gasteiger partial charge on any atom is 0.319 e. The van der Waals surface area contributed by atoms with Gasteiger partial charge in [-0.25, -0.2) is 13.2 Å². The Hall–Kier alpha value is -4.40. The smallest absolute Gasteiger partial charge is 0.319 e. The highest BCUT2D eigenvalue weighted by Gasteiger charge is 2.49. The lowest BCUT2D eigenvalue weighted by Gasteiger charge is -2.41. The van der Waals surface area contributed by atoms with Crippen LogP contribution in [-0.2, 0) is 4.79 Å². The van der Waals surface area contributed by atoms with Gasteiger partial charge in [-0.05, 0) is 48.5 Å². The standard InChI is InChI=1S/C35H32ClF3N6O2/c1-2-28(46)45-16-15-43(19-23(45)11-13-40)33-26-9-8-25(24-6-3-5-21-7-10-27(38)30(36)29(21)24)31(39)32(26)41-34(42-33)47-20-35-12-4-14-44(35)18-22(37)17-35/h2-3,5-10,22-23H,1,4,11-12,14-20H2/t22-,23+,35+/m1/s1. The van der Waals surface area contributed by atoms with E-state index in [0.29, 0.717) is 53.6 Å². The van der Waals surface area contributed by atoms with Crippen LogP contribution in [0.2, 0.25) is 5.02 Å². The second-order valence-electron chi connectivity index (χ2n) is 12.5. The van der Waals surface area contributed by atoms with Crippen molar-refractivity contribution < 1.29 is 22.7 Å². The van der Waals surface area contributed by atoms with E-state index in [4.69, 9.17) is 21.3 Å². The molecule has 3 fully saturated rings. The number of alkyl halides is 1. The fraction of sp³-hybridized carbons (Fsp3) is 0.371. The maximum absolute atomic E-state index is 16.8. The Labute approximate surface area is 275 Å². The van der Waals surface area contributed by atoms with E-state index in [1.807, 2.05) is 4.90 Å². The topological polar surface area (TPSA) is 85.6 Å². The molecule has 3 atom stereocenters. The second kappa shape index (κ2) is 12.3. The lowest BCUT2D eigenvalue weighted by Crippen LogP contribution is -2.55. The van der Waals surface area contributed by atoms with Crippen LogP contribution in [0.1, 0.15) is 25.7 Å². The second-order valence-corrected chi connectivity index (χ2v) is 12.9. The number of aromatic nitrogens is 2. The first-order chi connectivity index (χ1) is 22.7. The van der Waals surface area contributed by atoms with Gasteiger partial charge in [0.1, 0.15) is 29.9 Å². The minimum atomic E-state index is -0.948. The monoisotopic (exact) mass is 660 g/mol. The number of benzene rings is 3. The molecule has 4 heterocycles. The average Bonchev–Trinajstić information content (AvgIpc) is 3.60. The largest absolute Gasteiger partial charge is 0.461 e. The fourth-order valence-corrected chi connectivity index (χ4v) is 7.83. The Morgan fingerprint density at radius 1 is 1.13 bits per heavy atom. The summed E-state index contributed by atoms with van der Waals surface area (Å²) in [5, 5.41) is 10.9. The number of amides is 1. The van der Waals surface area contributed by atoms with Crippen molar-refractivity contribution in [1.29, 1.82) is 5.26 Å². The van der Waals surface area contributed by atoms with Crippen molar-refractivity contribution in [3.8, 4) is 23.2 Å². The third kappa shape index (κ3) is 5.43. The average molecular weight is 661 g/mol. The molecule has 0 spiro atoms. The Bertz CT molecular complexity index is 1950. The normalized spacial score (nSPS) is 22.9. The first kappa shape index (κ1) is 31.2. The minimum absolute atomic E-state index is 0.0102. The minimum Gasteiger partial charge on any atom is -0.461 e. The summed E-state index contributed by atoms with van der Waals surface area (Å²) in [6.07, 6.45) is 2.42. The highest BCUT2D eigenvalue weighted by molar-refractivity contribution is 6.37. The molecule has 3 aliphatic heterocycles. The Kier molecular flexibility index (Phi) is 8.18. The van der Waals surface area contributed by atoms with Crippen LogP contribution in [0.5, 0.6) is 6.01 Å². The molecule has 0 N–H and O–H groups in total. The first-order valence-electron chi connectivity index (χ1n) is 15.7. The molecule has 8 nitrogen and oxygen atoms in total. The van der Waals surface area contributed by atoms with E-state index in [1.54, 1.807) is 41.3 Å². The molecule has 12 heteroatoms. The Morgan fingerprint density at radius 2 is 1.98 bits per heavy atom. The molecule has 4 aromatic rings. The van der Waals surface area contributed by atoms with Crippen LogP contribution < -0.4 is 9.64 Å². The zero-order valence-corrected chi connectivity index (χ0v) is 26.3. The molecule has 0 bridgehead atoms. The van der Waals surface area contributed by atoms with Crippen molar-refractivity contribution in [3.63, 3.8) is 0 Å². The van der Waals surface area contributed by atoms with Gasteiger partial charge >= 0.3 is 6.01 Å². The highest BCUT2D eigenvalue weighted by atomic mass is 35.5. The number of nitrogens with zero attached hydrogens (tertiary/aromatic N) is 6. The van der Waals surface area contributed by atoms with Crippen LogP contribution >= 0.6 is 11.6 Å². The van der Waals surface area contributed by atoms with E-state index in [1.165, 1.54) is 12.1 Å². The first-order valence-corrected chi connectivity index (χ1v) is 16.0. The van der Waals surface area contributed by atoms with Crippen molar-refractivity contribution in [3.05, 3.63) is 71.8 Å². The molecule has 3 aromatic carbocycles. The molecular formula is C35H32ClF3N6O2.